The summed E-state index contributed by atoms with van der Waals surface area (Å²) in [5.74, 6) is 1.67. The maximum absolute atomic E-state index is 2.69. The number of fused-ring (bicyclic) bond motifs is 2. The molecule has 2 aliphatic rings. The SMILES string of the molecule is CCC[C@@H]1[C@@H](c2ccc(C)cc2)C[C@@H]2CC[C@H]1N2C. The lowest BCUT2D eigenvalue weighted by Gasteiger charge is -2.43. The highest BCUT2D eigenvalue weighted by atomic mass is 15.2. The number of hydrogen-bond acceptors (Lipinski definition) is 1. The van der Waals surface area contributed by atoms with E-state index < -0.39 is 0 Å². The second-order valence-electron chi connectivity index (χ2n) is 6.67. The quantitative estimate of drug-likeness (QED) is 0.777. The van der Waals surface area contributed by atoms with E-state index in [2.05, 4.69) is 50.1 Å². The Morgan fingerprint density at radius 1 is 1.16 bits per heavy atom. The van der Waals surface area contributed by atoms with E-state index in [-0.39, 0.29) is 0 Å². The first-order valence-electron chi connectivity index (χ1n) is 7.99. The molecular weight excluding hydrogens is 230 g/mol. The van der Waals surface area contributed by atoms with Crippen molar-refractivity contribution in [2.24, 2.45) is 5.92 Å². The highest BCUT2D eigenvalue weighted by Gasteiger charge is 2.45. The minimum Gasteiger partial charge on any atom is -0.300 e. The van der Waals surface area contributed by atoms with Crippen molar-refractivity contribution in [3.8, 4) is 0 Å². The highest BCUT2D eigenvalue weighted by molar-refractivity contribution is 5.27. The van der Waals surface area contributed by atoms with Gasteiger partial charge in [0.25, 0.3) is 0 Å². The zero-order valence-corrected chi connectivity index (χ0v) is 12.6. The molecule has 0 saturated carbocycles. The van der Waals surface area contributed by atoms with Crippen LogP contribution in [0.25, 0.3) is 0 Å². The van der Waals surface area contributed by atoms with E-state index in [1.807, 2.05) is 0 Å². The van der Waals surface area contributed by atoms with E-state index in [9.17, 15) is 0 Å². The molecule has 1 nitrogen and oxygen atoms in total. The van der Waals surface area contributed by atoms with Gasteiger partial charge in [0, 0.05) is 12.1 Å². The van der Waals surface area contributed by atoms with Gasteiger partial charge in [0.2, 0.25) is 0 Å². The average Bonchev–Trinajstić information content (AvgIpc) is 2.65. The van der Waals surface area contributed by atoms with Crippen LogP contribution in [0.15, 0.2) is 24.3 Å². The summed E-state index contributed by atoms with van der Waals surface area (Å²) in [6.45, 7) is 4.53. The third kappa shape index (κ3) is 2.33. The fourth-order valence-electron chi connectivity index (χ4n) is 4.50. The van der Waals surface area contributed by atoms with Crippen molar-refractivity contribution in [1.82, 2.24) is 4.90 Å². The summed E-state index contributed by atoms with van der Waals surface area (Å²) in [4.78, 5) is 2.69. The molecule has 0 aromatic heterocycles. The average molecular weight is 257 g/mol. The molecule has 2 aliphatic heterocycles. The van der Waals surface area contributed by atoms with Crippen molar-refractivity contribution < 1.29 is 0 Å². The summed E-state index contributed by atoms with van der Waals surface area (Å²) in [5.41, 5.74) is 2.97. The molecule has 4 atom stereocenters. The second kappa shape index (κ2) is 5.28. The molecule has 2 fully saturated rings. The van der Waals surface area contributed by atoms with Gasteiger partial charge in [-0.2, -0.15) is 0 Å². The molecule has 2 saturated heterocycles. The molecule has 0 aliphatic carbocycles. The van der Waals surface area contributed by atoms with Crippen LogP contribution in [0.3, 0.4) is 0 Å². The van der Waals surface area contributed by atoms with Crippen LogP contribution in [-0.2, 0) is 0 Å². The maximum atomic E-state index is 2.69. The number of benzene rings is 1. The van der Waals surface area contributed by atoms with Gasteiger partial charge in [-0.1, -0.05) is 43.2 Å². The third-order valence-corrected chi connectivity index (χ3v) is 5.56. The number of rotatable bonds is 3. The summed E-state index contributed by atoms with van der Waals surface area (Å²) < 4.78 is 0. The molecule has 0 spiro atoms. The van der Waals surface area contributed by atoms with Crippen LogP contribution < -0.4 is 0 Å². The van der Waals surface area contributed by atoms with Gasteiger partial charge in [-0.3, -0.25) is 0 Å². The Balaban J connectivity index is 1.88. The molecule has 19 heavy (non-hydrogen) atoms. The minimum atomic E-state index is 0.800. The lowest BCUT2D eigenvalue weighted by Crippen LogP contribution is -2.45. The predicted octanol–water partition coefficient (Wildman–Crippen LogP) is 4.36. The minimum absolute atomic E-state index is 0.800. The molecule has 2 bridgehead atoms. The molecule has 0 amide bonds. The van der Waals surface area contributed by atoms with Crippen molar-refractivity contribution in [1.29, 1.82) is 0 Å². The number of piperidine rings is 1. The first-order valence-corrected chi connectivity index (χ1v) is 7.99. The number of nitrogens with zero attached hydrogens (tertiary/aromatic N) is 1. The lowest BCUT2D eigenvalue weighted by molar-refractivity contribution is 0.0940. The van der Waals surface area contributed by atoms with Crippen LogP contribution in [0.5, 0.6) is 0 Å². The molecule has 1 aromatic rings. The monoisotopic (exact) mass is 257 g/mol. The Labute approximate surface area is 118 Å². The smallest absolute Gasteiger partial charge is 0.0130 e. The largest absolute Gasteiger partial charge is 0.300 e. The fourth-order valence-corrected chi connectivity index (χ4v) is 4.50. The number of hydrogen-bond donors (Lipinski definition) is 0. The molecule has 0 unspecified atom stereocenters. The molecular formula is C18H27N. The summed E-state index contributed by atoms with van der Waals surface area (Å²) in [7, 11) is 2.36. The molecule has 1 aromatic carbocycles. The predicted molar refractivity (Wildman–Crippen MR) is 81.5 cm³/mol. The van der Waals surface area contributed by atoms with Gasteiger partial charge in [0.1, 0.15) is 0 Å². The first kappa shape index (κ1) is 13.2. The van der Waals surface area contributed by atoms with E-state index in [4.69, 9.17) is 0 Å². The van der Waals surface area contributed by atoms with Gasteiger partial charge in [0.05, 0.1) is 0 Å². The zero-order chi connectivity index (χ0) is 13.4. The van der Waals surface area contributed by atoms with E-state index in [1.165, 1.54) is 37.7 Å². The summed E-state index contributed by atoms with van der Waals surface area (Å²) in [5, 5.41) is 0. The maximum Gasteiger partial charge on any atom is 0.0130 e. The fraction of sp³-hybridized carbons (Fsp3) is 0.667. The van der Waals surface area contributed by atoms with Gasteiger partial charge in [0.15, 0.2) is 0 Å². The first-order chi connectivity index (χ1) is 9.20. The van der Waals surface area contributed by atoms with Gasteiger partial charge in [-0.25, -0.2) is 0 Å². The van der Waals surface area contributed by atoms with Crippen molar-refractivity contribution >= 4 is 0 Å². The van der Waals surface area contributed by atoms with Gasteiger partial charge in [-0.05, 0) is 57.1 Å². The summed E-state index contributed by atoms with van der Waals surface area (Å²) in [6.07, 6.45) is 6.93. The Morgan fingerprint density at radius 3 is 2.58 bits per heavy atom. The van der Waals surface area contributed by atoms with E-state index >= 15 is 0 Å². The molecule has 3 rings (SSSR count). The van der Waals surface area contributed by atoms with Crippen molar-refractivity contribution in [2.75, 3.05) is 7.05 Å². The van der Waals surface area contributed by atoms with Crippen molar-refractivity contribution in [2.45, 2.75) is 64.0 Å². The topological polar surface area (TPSA) is 3.24 Å². The second-order valence-corrected chi connectivity index (χ2v) is 6.67. The van der Waals surface area contributed by atoms with Crippen LogP contribution in [0, 0.1) is 12.8 Å². The third-order valence-electron chi connectivity index (χ3n) is 5.56. The lowest BCUT2D eigenvalue weighted by atomic mass is 9.74. The van der Waals surface area contributed by atoms with E-state index in [1.54, 1.807) is 5.56 Å². The Hall–Kier alpha value is -0.820. The van der Waals surface area contributed by atoms with E-state index in [0.29, 0.717) is 0 Å². The molecule has 1 heteroatoms. The molecule has 104 valence electrons. The Morgan fingerprint density at radius 2 is 1.89 bits per heavy atom. The van der Waals surface area contributed by atoms with Gasteiger partial charge >= 0.3 is 0 Å². The normalized spacial score (nSPS) is 34.7. The van der Waals surface area contributed by atoms with Crippen LogP contribution in [0.4, 0.5) is 0 Å². The van der Waals surface area contributed by atoms with Gasteiger partial charge in [-0.15, -0.1) is 0 Å². The number of aryl methyl sites for hydroxylation is 1. The summed E-state index contributed by atoms with van der Waals surface area (Å²) >= 11 is 0. The Bertz CT molecular complexity index is 422. The molecule has 2 heterocycles. The van der Waals surface area contributed by atoms with Crippen LogP contribution in [0.2, 0.25) is 0 Å². The van der Waals surface area contributed by atoms with Crippen LogP contribution >= 0.6 is 0 Å². The van der Waals surface area contributed by atoms with Gasteiger partial charge < -0.3 is 4.90 Å². The molecule has 0 radical (unpaired) electrons. The Kier molecular flexibility index (Phi) is 3.66. The standard InChI is InChI=1S/C18H27N/c1-4-5-16-17(14-8-6-13(2)7-9-14)12-15-10-11-18(16)19(15)3/h6-9,15-18H,4-5,10-12H2,1-3H3/t15-,16+,17+,18+/m0/s1. The zero-order valence-electron chi connectivity index (χ0n) is 12.6. The van der Waals surface area contributed by atoms with Crippen molar-refractivity contribution in [3.63, 3.8) is 0 Å². The van der Waals surface area contributed by atoms with Crippen molar-refractivity contribution in [3.05, 3.63) is 35.4 Å². The molecule has 0 N–H and O–H groups in total. The van der Waals surface area contributed by atoms with Crippen LogP contribution in [-0.4, -0.2) is 24.0 Å². The highest BCUT2D eigenvalue weighted by Crippen LogP contribution is 2.47. The van der Waals surface area contributed by atoms with E-state index in [0.717, 1.165) is 23.9 Å². The summed E-state index contributed by atoms with van der Waals surface area (Å²) in [6, 6.07) is 11.0. The van der Waals surface area contributed by atoms with Crippen LogP contribution in [0.1, 0.15) is 56.1 Å².